The molecule has 0 spiro atoms. The molecule has 0 heterocycles. The van der Waals surface area contributed by atoms with Crippen LogP contribution in [0.3, 0.4) is 0 Å². The fraction of sp³-hybridized carbons (Fsp3) is 0.533. The van der Waals surface area contributed by atoms with Crippen LogP contribution in [0, 0.1) is 30.6 Å². The zero-order valence-electron chi connectivity index (χ0n) is 11.9. The van der Waals surface area contributed by atoms with Gasteiger partial charge in [-0.25, -0.2) is 0 Å². The molecular formula is C15H22N2O. The minimum absolute atomic E-state index is 0.341. The van der Waals surface area contributed by atoms with E-state index >= 15 is 0 Å². The lowest BCUT2D eigenvalue weighted by Crippen LogP contribution is -2.27. The fourth-order valence-corrected chi connectivity index (χ4v) is 2.01. The van der Waals surface area contributed by atoms with E-state index in [0.717, 1.165) is 23.4 Å². The molecule has 0 bridgehead atoms. The van der Waals surface area contributed by atoms with E-state index in [1.165, 1.54) is 5.56 Å². The van der Waals surface area contributed by atoms with Crippen molar-refractivity contribution in [2.24, 2.45) is 5.41 Å². The summed E-state index contributed by atoms with van der Waals surface area (Å²) >= 11 is 0. The maximum atomic E-state index is 8.97. The SMILES string of the molecule is COc1c(C)cc(C)cc1CNCC(C)(C)C#N. The minimum Gasteiger partial charge on any atom is -0.496 e. The van der Waals surface area contributed by atoms with E-state index in [4.69, 9.17) is 10.00 Å². The topological polar surface area (TPSA) is 45.0 Å². The molecule has 0 amide bonds. The Balaban J connectivity index is 2.76. The van der Waals surface area contributed by atoms with Crippen molar-refractivity contribution in [3.63, 3.8) is 0 Å². The first-order chi connectivity index (χ1) is 8.39. The molecule has 98 valence electrons. The Kier molecular flexibility index (Phi) is 4.75. The molecule has 0 saturated heterocycles. The summed E-state index contributed by atoms with van der Waals surface area (Å²) in [7, 11) is 1.69. The number of nitrogens with zero attached hydrogens (tertiary/aromatic N) is 1. The standard InChI is InChI=1S/C15H22N2O/c1-11-6-12(2)14(18-5)13(7-11)8-17-10-15(3,4)9-16/h6-7,17H,8,10H2,1-5H3. The van der Waals surface area contributed by atoms with Crippen LogP contribution in [0.5, 0.6) is 5.75 Å². The van der Waals surface area contributed by atoms with Crippen molar-refractivity contribution in [1.82, 2.24) is 5.32 Å². The Labute approximate surface area is 110 Å². The molecule has 0 fully saturated rings. The molecule has 3 heteroatoms. The number of nitrogens with one attached hydrogen (secondary N) is 1. The van der Waals surface area contributed by atoms with Gasteiger partial charge < -0.3 is 10.1 Å². The van der Waals surface area contributed by atoms with Gasteiger partial charge in [0.1, 0.15) is 5.75 Å². The fourth-order valence-electron chi connectivity index (χ4n) is 2.01. The molecular weight excluding hydrogens is 224 g/mol. The molecule has 3 nitrogen and oxygen atoms in total. The third kappa shape index (κ3) is 3.75. The first kappa shape index (κ1) is 14.5. The molecule has 0 unspecified atom stereocenters. The van der Waals surface area contributed by atoms with Crippen LogP contribution in [-0.4, -0.2) is 13.7 Å². The largest absolute Gasteiger partial charge is 0.496 e. The second-order valence-corrected chi connectivity index (χ2v) is 5.37. The van der Waals surface area contributed by atoms with Crippen molar-refractivity contribution >= 4 is 0 Å². The molecule has 0 atom stereocenters. The Bertz CT molecular complexity index is 458. The summed E-state index contributed by atoms with van der Waals surface area (Å²) in [5.41, 5.74) is 3.17. The summed E-state index contributed by atoms with van der Waals surface area (Å²) in [5, 5.41) is 12.3. The van der Waals surface area contributed by atoms with Gasteiger partial charge in [-0.15, -0.1) is 0 Å². The van der Waals surface area contributed by atoms with Gasteiger partial charge in [0.05, 0.1) is 18.6 Å². The van der Waals surface area contributed by atoms with Crippen LogP contribution in [0.25, 0.3) is 0 Å². The number of benzene rings is 1. The zero-order valence-corrected chi connectivity index (χ0v) is 11.9. The van der Waals surface area contributed by atoms with Crippen LogP contribution < -0.4 is 10.1 Å². The van der Waals surface area contributed by atoms with Crippen molar-refractivity contribution < 1.29 is 4.74 Å². The van der Waals surface area contributed by atoms with E-state index in [2.05, 4.69) is 37.4 Å². The molecule has 0 aliphatic rings. The smallest absolute Gasteiger partial charge is 0.126 e. The van der Waals surface area contributed by atoms with Gasteiger partial charge in [-0.05, 0) is 33.3 Å². The van der Waals surface area contributed by atoms with E-state index < -0.39 is 0 Å². The van der Waals surface area contributed by atoms with Crippen molar-refractivity contribution in [1.29, 1.82) is 5.26 Å². The van der Waals surface area contributed by atoms with Gasteiger partial charge in [0.2, 0.25) is 0 Å². The lowest BCUT2D eigenvalue weighted by Gasteiger charge is -2.18. The maximum absolute atomic E-state index is 8.97. The van der Waals surface area contributed by atoms with Gasteiger partial charge >= 0.3 is 0 Å². The molecule has 0 saturated carbocycles. The average molecular weight is 246 g/mol. The lowest BCUT2D eigenvalue weighted by atomic mass is 9.96. The highest BCUT2D eigenvalue weighted by Gasteiger charge is 2.16. The summed E-state index contributed by atoms with van der Waals surface area (Å²) in [6.45, 7) is 9.37. The second-order valence-electron chi connectivity index (χ2n) is 5.37. The number of methoxy groups -OCH3 is 1. The van der Waals surface area contributed by atoms with Gasteiger partial charge in [-0.2, -0.15) is 5.26 Å². The number of nitriles is 1. The van der Waals surface area contributed by atoms with Crippen LogP contribution in [0.1, 0.15) is 30.5 Å². The first-order valence-corrected chi connectivity index (χ1v) is 6.15. The molecule has 0 radical (unpaired) electrons. The van der Waals surface area contributed by atoms with Gasteiger partial charge in [-0.3, -0.25) is 0 Å². The summed E-state index contributed by atoms with van der Waals surface area (Å²) < 4.78 is 5.44. The Hall–Kier alpha value is -1.53. The van der Waals surface area contributed by atoms with E-state index in [9.17, 15) is 0 Å². The van der Waals surface area contributed by atoms with Crippen molar-refractivity contribution in [3.05, 3.63) is 28.8 Å². The van der Waals surface area contributed by atoms with E-state index in [1.54, 1.807) is 7.11 Å². The average Bonchev–Trinajstić information content (AvgIpc) is 2.28. The molecule has 1 aromatic rings. The van der Waals surface area contributed by atoms with Gasteiger partial charge in [-0.1, -0.05) is 17.7 Å². The van der Waals surface area contributed by atoms with Crippen LogP contribution in [-0.2, 0) is 6.54 Å². The van der Waals surface area contributed by atoms with Crippen molar-refractivity contribution in [2.45, 2.75) is 34.2 Å². The number of hydrogen-bond donors (Lipinski definition) is 1. The predicted molar refractivity (Wildman–Crippen MR) is 73.6 cm³/mol. The van der Waals surface area contributed by atoms with E-state index in [1.807, 2.05) is 13.8 Å². The molecule has 0 aromatic heterocycles. The summed E-state index contributed by atoms with van der Waals surface area (Å²) in [4.78, 5) is 0. The molecule has 1 aromatic carbocycles. The first-order valence-electron chi connectivity index (χ1n) is 6.15. The monoisotopic (exact) mass is 246 g/mol. The zero-order chi connectivity index (χ0) is 13.8. The van der Waals surface area contributed by atoms with Crippen LogP contribution in [0.15, 0.2) is 12.1 Å². The maximum Gasteiger partial charge on any atom is 0.126 e. The van der Waals surface area contributed by atoms with Crippen LogP contribution in [0.4, 0.5) is 0 Å². The number of ether oxygens (including phenoxy) is 1. The second kappa shape index (κ2) is 5.88. The number of rotatable bonds is 5. The Morgan fingerprint density at radius 2 is 2.00 bits per heavy atom. The molecule has 1 N–H and O–H groups in total. The summed E-state index contributed by atoms with van der Waals surface area (Å²) in [5.74, 6) is 0.933. The number of hydrogen-bond acceptors (Lipinski definition) is 3. The highest BCUT2D eigenvalue weighted by Crippen LogP contribution is 2.25. The Morgan fingerprint density at radius 3 is 2.56 bits per heavy atom. The van der Waals surface area contributed by atoms with Crippen LogP contribution >= 0.6 is 0 Å². The number of aryl methyl sites for hydroxylation is 2. The normalized spacial score (nSPS) is 11.1. The van der Waals surface area contributed by atoms with E-state index in [0.29, 0.717) is 6.54 Å². The predicted octanol–water partition coefficient (Wildman–Crippen LogP) is 2.95. The molecule has 0 aliphatic heterocycles. The Morgan fingerprint density at radius 1 is 1.33 bits per heavy atom. The van der Waals surface area contributed by atoms with Gasteiger partial charge in [0.15, 0.2) is 0 Å². The van der Waals surface area contributed by atoms with Crippen LogP contribution in [0.2, 0.25) is 0 Å². The van der Waals surface area contributed by atoms with Gasteiger partial charge in [0, 0.05) is 18.7 Å². The quantitative estimate of drug-likeness (QED) is 0.868. The third-order valence-corrected chi connectivity index (χ3v) is 2.89. The van der Waals surface area contributed by atoms with Gasteiger partial charge in [0.25, 0.3) is 0 Å². The lowest BCUT2D eigenvalue weighted by molar-refractivity contribution is 0.399. The molecule has 0 aliphatic carbocycles. The highest BCUT2D eigenvalue weighted by atomic mass is 16.5. The third-order valence-electron chi connectivity index (χ3n) is 2.89. The minimum atomic E-state index is -0.341. The van der Waals surface area contributed by atoms with Crippen molar-refractivity contribution in [2.75, 3.05) is 13.7 Å². The molecule has 18 heavy (non-hydrogen) atoms. The summed E-state index contributed by atoms with van der Waals surface area (Å²) in [6, 6.07) is 6.52. The highest BCUT2D eigenvalue weighted by molar-refractivity contribution is 5.43. The van der Waals surface area contributed by atoms with E-state index in [-0.39, 0.29) is 5.41 Å². The van der Waals surface area contributed by atoms with Crippen molar-refractivity contribution in [3.8, 4) is 11.8 Å². The summed E-state index contributed by atoms with van der Waals surface area (Å²) in [6.07, 6.45) is 0. The molecule has 1 rings (SSSR count).